The minimum absolute atomic E-state index is 0.157. The molecule has 3 rings (SSSR count). The molecule has 0 saturated carbocycles. The number of rotatable bonds is 5. The first-order chi connectivity index (χ1) is 12.1. The van der Waals surface area contributed by atoms with Gasteiger partial charge in [-0.2, -0.15) is 4.57 Å². The fourth-order valence-corrected chi connectivity index (χ4v) is 2.50. The number of anilines is 2. The van der Waals surface area contributed by atoms with Crippen molar-refractivity contribution in [1.29, 1.82) is 0 Å². The lowest BCUT2D eigenvalue weighted by atomic mass is 10.0. The predicted octanol–water partition coefficient (Wildman–Crippen LogP) is 2.43. The number of nitrogens with one attached hydrogen (secondary N) is 1. The van der Waals surface area contributed by atoms with Crippen molar-refractivity contribution in [1.82, 2.24) is 0 Å². The molecule has 1 aromatic heterocycles. The average molecular weight is 332 g/mol. The molecule has 0 unspecified atom stereocenters. The van der Waals surface area contributed by atoms with Crippen LogP contribution in [0.15, 0.2) is 79.1 Å². The largest absolute Gasteiger partial charge is 0.399 e. The molecule has 1 heterocycles. The Morgan fingerprint density at radius 2 is 1.60 bits per heavy atom. The quantitative estimate of drug-likeness (QED) is 0.428. The summed E-state index contributed by atoms with van der Waals surface area (Å²) in [6, 6.07) is 19.4. The van der Waals surface area contributed by atoms with Gasteiger partial charge in [-0.05, 0) is 18.2 Å². The van der Waals surface area contributed by atoms with Gasteiger partial charge in [0.15, 0.2) is 18.2 Å². The van der Waals surface area contributed by atoms with Crippen LogP contribution < -0.4 is 15.6 Å². The van der Waals surface area contributed by atoms with Crippen LogP contribution in [0.25, 0.3) is 0 Å². The second-order valence-corrected chi connectivity index (χ2v) is 5.60. The number of amides is 1. The monoisotopic (exact) mass is 332 g/mol. The normalized spacial score (nSPS) is 10.2. The Hall–Kier alpha value is -3.47. The van der Waals surface area contributed by atoms with E-state index in [-0.39, 0.29) is 18.2 Å². The van der Waals surface area contributed by atoms with Crippen molar-refractivity contribution in [2.75, 3.05) is 11.1 Å². The molecule has 0 radical (unpaired) electrons. The summed E-state index contributed by atoms with van der Waals surface area (Å²) in [5.74, 6) is -0.404. The van der Waals surface area contributed by atoms with Crippen molar-refractivity contribution in [3.05, 3.63) is 90.3 Å². The van der Waals surface area contributed by atoms with Crippen molar-refractivity contribution in [3.8, 4) is 0 Å². The Balaban J connectivity index is 1.84. The zero-order valence-electron chi connectivity index (χ0n) is 13.6. The molecule has 5 nitrogen and oxygen atoms in total. The van der Waals surface area contributed by atoms with Gasteiger partial charge in [-0.3, -0.25) is 9.59 Å². The third-order valence-corrected chi connectivity index (χ3v) is 3.70. The molecule has 0 fully saturated rings. The van der Waals surface area contributed by atoms with E-state index >= 15 is 0 Å². The molecule has 3 aromatic rings. The standard InChI is InChI=1S/C20H17N3O2/c21-16-9-10-18(22-19(24)14-23-11-5-2-6-12-23)17(13-16)20(25)15-7-3-1-4-8-15/h1-13H,14,21H2/p+1. The number of benzene rings is 2. The van der Waals surface area contributed by atoms with Crippen molar-refractivity contribution >= 4 is 23.1 Å². The van der Waals surface area contributed by atoms with Crippen LogP contribution in [0, 0.1) is 0 Å². The topological polar surface area (TPSA) is 76.1 Å². The summed E-state index contributed by atoms with van der Waals surface area (Å²) < 4.78 is 1.76. The van der Waals surface area contributed by atoms with E-state index in [9.17, 15) is 9.59 Å². The van der Waals surface area contributed by atoms with Crippen LogP contribution in [0.4, 0.5) is 11.4 Å². The lowest BCUT2D eigenvalue weighted by molar-refractivity contribution is -0.684. The molecular weight excluding hydrogens is 314 g/mol. The van der Waals surface area contributed by atoms with Crippen molar-refractivity contribution in [2.24, 2.45) is 0 Å². The number of nitrogens with zero attached hydrogens (tertiary/aromatic N) is 1. The van der Waals surface area contributed by atoms with Crippen LogP contribution in [0.3, 0.4) is 0 Å². The summed E-state index contributed by atoms with van der Waals surface area (Å²) >= 11 is 0. The first-order valence-electron chi connectivity index (χ1n) is 7.87. The Morgan fingerprint density at radius 3 is 2.32 bits per heavy atom. The van der Waals surface area contributed by atoms with Gasteiger partial charge in [-0.15, -0.1) is 0 Å². The summed E-state index contributed by atoms with van der Waals surface area (Å²) in [5.41, 5.74) is 7.66. The maximum atomic E-state index is 12.7. The van der Waals surface area contributed by atoms with Crippen LogP contribution in [-0.2, 0) is 11.3 Å². The third-order valence-electron chi connectivity index (χ3n) is 3.70. The van der Waals surface area contributed by atoms with Gasteiger partial charge in [0.1, 0.15) is 0 Å². The fraction of sp³-hybridized carbons (Fsp3) is 0.0500. The molecular formula is C20H18N3O2+. The molecule has 0 saturated heterocycles. The molecule has 5 heteroatoms. The smallest absolute Gasteiger partial charge is 0.290 e. The molecule has 0 aliphatic heterocycles. The highest BCUT2D eigenvalue weighted by atomic mass is 16.2. The highest BCUT2D eigenvalue weighted by molar-refractivity contribution is 6.14. The van der Waals surface area contributed by atoms with Crippen LogP contribution >= 0.6 is 0 Å². The number of hydrogen-bond donors (Lipinski definition) is 2. The summed E-state index contributed by atoms with van der Waals surface area (Å²) in [7, 11) is 0. The molecule has 2 aromatic carbocycles. The summed E-state index contributed by atoms with van der Waals surface area (Å²) in [4.78, 5) is 25.1. The molecule has 0 atom stereocenters. The van der Waals surface area contributed by atoms with Gasteiger partial charge in [-0.1, -0.05) is 36.4 Å². The molecule has 0 aliphatic carbocycles. The van der Waals surface area contributed by atoms with Crippen molar-refractivity contribution in [3.63, 3.8) is 0 Å². The fourth-order valence-electron chi connectivity index (χ4n) is 2.50. The molecule has 124 valence electrons. The Bertz CT molecular complexity index is 893. The molecule has 3 N–H and O–H groups in total. The minimum atomic E-state index is -0.219. The number of nitrogens with two attached hydrogens (primary N) is 1. The number of aromatic nitrogens is 1. The zero-order valence-corrected chi connectivity index (χ0v) is 13.6. The van der Waals surface area contributed by atoms with Gasteiger partial charge in [0.2, 0.25) is 6.54 Å². The average Bonchev–Trinajstić information content (AvgIpc) is 2.64. The molecule has 25 heavy (non-hydrogen) atoms. The SMILES string of the molecule is Nc1ccc(NC(=O)C[n+]2ccccc2)c(C(=O)c2ccccc2)c1. The highest BCUT2D eigenvalue weighted by Crippen LogP contribution is 2.22. The lowest BCUT2D eigenvalue weighted by Gasteiger charge is -2.10. The molecule has 0 aliphatic rings. The summed E-state index contributed by atoms with van der Waals surface area (Å²) in [6.07, 6.45) is 3.61. The van der Waals surface area contributed by atoms with Crippen molar-refractivity contribution in [2.45, 2.75) is 6.54 Å². The number of ketones is 1. The van der Waals surface area contributed by atoms with Gasteiger partial charge in [0.05, 0.1) is 5.69 Å². The summed E-state index contributed by atoms with van der Waals surface area (Å²) in [5, 5.41) is 2.80. The molecule has 1 amide bonds. The number of carbonyl (C=O) groups excluding carboxylic acids is 2. The van der Waals surface area contributed by atoms with E-state index < -0.39 is 0 Å². The third kappa shape index (κ3) is 4.09. The van der Waals surface area contributed by atoms with Gasteiger partial charge in [-0.25, -0.2) is 0 Å². The van der Waals surface area contributed by atoms with Crippen molar-refractivity contribution < 1.29 is 14.2 Å². The Kier molecular flexibility index (Phi) is 4.85. The van der Waals surface area contributed by atoms with E-state index in [0.717, 1.165) is 0 Å². The Labute approximate surface area is 145 Å². The van der Waals surface area contributed by atoms with Crippen LogP contribution in [0.2, 0.25) is 0 Å². The van der Waals surface area contributed by atoms with Gasteiger partial charge in [0.25, 0.3) is 5.91 Å². The maximum Gasteiger partial charge on any atom is 0.290 e. The highest BCUT2D eigenvalue weighted by Gasteiger charge is 2.17. The van der Waals surface area contributed by atoms with Crippen LogP contribution in [0.1, 0.15) is 15.9 Å². The lowest BCUT2D eigenvalue weighted by Crippen LogP contribution is -2.39. The van der Waals surface area contributed by atoms with Crippen LogP contribution in [-0.4, -0.2) is 11.7 Å². The van der Waals surface area contributed by atoms with Gasteiger partial charge in [0, 0.05) is 28.9 Å². The second-order valence-electron chi connectivity index (χ2n) is 5.60. The minimum Gasteiger partial charge on any atom is -0.399 e. The van der Waals surface area contributed by atoms with Gasteiger partial charge >= 0.3 is 0 Å². The van der Waals surface area contributed by atoms with Gasteiger partial charge < -0.3 is 11.1 Å². The number of nitrogen functional groups attached to an aromatic ring is 1. The van der Waals surface area contributed by atoms with E-state index in [0.29, 0.717) is 22.5 Å². The van der Waals surface area contributed by atoms with E-state index in [1.165, 1.54) is 0 Å². The van der Waals surface area contributed by atoms with Crippen LogP contribution in [0.5, 0.6) is 0 Å². The number of pyridine rings is 1. The first kappa shape index (κ1) is 16.4. The van der Waals surface area contributed by atoms with E-state index in [2.05, 4.69) is 5.32 Å². The van der Waals surface area contributed by atoms with E-state index in [1.807, 2.05) is 24.3 Å². The zero-order chi connectivity index (χ0) is 17.6. The predicted molar refractivity (Wildman–Crippen MR) is 96.0 cm³/mol. The van der Waals surface area contributed by atoms with E-state index in [1.54, 1.807) is 59.4 Å². The number of carbonyl (C=O) groups is 2. The molecule has 0 spiro atoms. The summed E-state index contributed by atoms with van der Waals surface area (Å²) in [6.45, 7) is 0.157. The Morgan fingerprint density at radius 1 is 0.920 bits per heavy atom. The molecule has 0 bridgehead atoms. The first-order valence-corrected chi connectivity index (χ1v) is 7.87. The maximum absolute atomic E-state index is 12.7. The number of hydrogen-bond acceptors (Lipinski definition) is 3. The second kappa shape index (κ2) is 7.40. The van der Waals surface area contributed by atoms with E-state index in [4.69, 9.17) is 5.73 Å².